The van der Waals surface area contributed by atoms with E-state index < -0.39 is 0 Å². The first-order valence-electron chi connectivity index (χ1n) is 12.1. The number of fused-ring (bicyclic) bond motifs is 2. The van der Waals surface area contributed by atoms with Crippen molar-refractivity contribution in [2.45, 2.75) is 44.6 Å². The van der Waals surface area contributed by atoms with Crippen molar-refractivity contribution in [2.24, 2.45) is 0 Å². The van der Waals surface area contributed by atoms with E-state index in [0.29, 0.717) is 11.9 Å². The topological polar surface area (TPSA) is 58.9 Å². The number of hydrogen-bond acceptors (Lipinski definition) is 5. The van der Waals surface area contributed by atoms with Crippen LogP contribution in [0.5, 0.6) is 0 Å². The van der Waals surface area contributed by atoms with Crippen LogP contribution in [0.4, 0.5) is 11.6 Å². The van der Waals surface area contributed by atoms with E-state index in [0.717, 1.165) is 29.6 Å². The summed E-state index contributed by atoms with van der Waals surface area (Å²) in [5.41, 5.74) is 7.16. The number of rotatable bonds is 4. The number of benzene rings is 2. The van der Waals surface area contributed by atoms with Gasteiger partial charge in [-0.3, -0.25) is 4.68 Å². The molecule has 1 N–H and O–H groups in total. The quantitative estimate of drug-likeness (QED) is 0.463. The minimum absolute atomic E-state index is 0.628. The van der Waals surface area contributed by atoms with Gasteiger partial charge in [0.25, 0.3) is 0 Å². The Hall–Kier alpha value is -3.25. The summed E-state index contributed by atoms with van der Waals surface area (Å²) in [5, 5.41) is 9.04. The number of hydrogen-bond donors (Lipinski definition) is 1. The highest BCUT2D eigenvalue weighted by atomic mass is 15.3. The normalized spacial score (nSPS) is 17.2. The molecule has 0 unspecified atom stereocenters. The summed E-state index contributed by atoms with van der Waals surface area (Å²) in [5.74, 6) is 1.30. The van der Waals surface area contributed by atoms with Crippen LogP contribution < -0.4 is 5.32 Å². The molecule has 0 atom stereocenters. The lowest BCUT2D eigenvalue weighted by Crippen LogP contribution is -2.29. The van der Waals surface area contributed by atoms with Crippen LogP contribution in [0.1, 0.15) is 42.9 Å². The fourth-order valence-electron chi connectivity index (χ4n) is 5.22. The van der Waals surface area contributed by atoms with Crippen LogP contribution in [0.3, 0.4) is 0 Å². The predicted octanol–water partition coefficient (Wildman–Crippen LogP) is 5.38. The zero-order valence-corrected chi connectivity index (χ0v) is 19.2. The van der Waals surface area contributed by atoms with Crippen molar-refractivity contribution in [3.63, 3.8) is 0 Å². The molecule has 4 heterocycles. The van der Waals surface area contributed by atoms with Gasteiger partial charge in [0.1, 0.15) is 0 Å². The fourth-order valence-corrected chi connectivity index (χ4v) is 5.22. The van der Waals surface area contributed by atoms with E-state index in [4.69, 9.17) is 4.98 Å². The Morgan fingerprint density at radius 2 is 1.79 bits per heavy atom. The highest BCUT2D eigenvalue weighted by Gasteiger charge is 2.18. The van der Waals surface area contributed by atoms with E-state index in [1.165, 1.54) is 61.2 Å². The van der Waals surface area contributed by atoms with Crippen molar-refractivity contribution in [2.75, 3.05) is 25.5 Å². The molecule has 2 aromatic heterocycles. The Morgan fingerprint density at radius 1 is 0.939 bits per heavy atom. The Labute approximate surface area is 194 Å². The molecular weight excluding hydrogens is 408 g/mol. The molecule has 1 saturated heterocycles. The number of anilines is 2. The van der Waals surface area contributed by atoms with Crippen LogP contribution in [0.25, 0.3) is 22.0 Å². The largest absolute Gasteiger partial charge is 0.324 e. The number of aromatic nitrogens is 4. The monoisotopic (exact) mass is 438 g/mol. The van der Waals surface area contributed by atoms with Gasteiger partial charge in [-0.25, -0.2) is 9.97 Å². The van der Waals surface area contributed by atoms with Gasteiger partial charge in [0.15, 0.2) is 0 Å². The van der Waals surface area contributed by atoms with Gasteiger partial charge in [-0.1, -0.05) is 24.3 Å². The van der Waals surface area contributed by atoms with Crippen molar-refractivity contribution in [3.8, 4) is 11.1 Å². The molecule has 33 heavy (non-hydrogen) atoms. The van der Waals surface area contributed by atoms with Gasteiger partial charge in [-0.2, -0.15) is 5.10 Å². The number of likely N-dealkylation sites (tertiary alicyclic amines) is 1. The molecule has 2 aromatic carbocycles. The summed E-state index contributed by atoms with van der Waals surface area (Å²) in [4.78, 5) is 11.8. The summed E-state index contributed by atoms with van der Waals surface area (Å²) in [6, 6.07) is 15.2. The summed E-state index contributed by atoms with van der Waals surface area (Å²) < 4.78 is 2.16. The molecule has 0 spiro atoms. The van der Waals surface area contributed by atoms with E-state index in [-0.39, 0.29) is 0 Å². The van der Waals surface area contributed by atoms with Crippen LogP contribution in [0, 0.1) is 0 Å². The second-order valence-corrected chi connectivity index (χ2v) is 9.48. The van der Waals surface area contributed by atoms with Gasteiger partial charge >= 0.3 is 0 Å². The number of nitrogens with zero attached hydrogens (tertiary/aromatic N) is 5. The Kier molecular flexibility index (Phi) is 5.30. The minimum Gasteiger partial charge on any atom is -0.324 e. The second kappa shape index (κ2) is 8.60. The lowest BCUT2D eigenvalue weighted by atomic mass is 9.89. The average molecular weight is 439 g/mol. The van der Waals surface area contributed by atoms with Crippen molar-refractivity contribution in [3.05, 3.63) is 66.1 Å². The standard InChI is InChI=1S/C27H30N6/c1-32-14-11-20(12-15-32)19-7-9-23(10-8-19)30-27-28-17-22-6-5-21(16-25(22)31-27)24-18-29-33-13-3-2-4-26(24)33/h5-10,16-18,20H,2-4,11-15H2,1H3,(H,28,30,31). The number of nitrogens with one attached hydrogen (secondary N) is 1. The molecule has 6 heteroatoms. The number of aryl methyl sites for hydroxylation is 1. The smallest absolute Gasteiger partial charge is 0.227 e. The van der Waals surface area contributed by atoms with Crippen molar-refractivity contribution in [1.82, 2.24) is 24.6 Å². The molecule has 2 aliphatic heterocycles. The highest BCUT2D eigenvalue weighted by molar-refractivity contribution is 5.85. The maximum Gasteiger partial charge on any atom is 0.227 e. The summed E-state index contributed by atoms with van der Waals surface area (Å²) >= 11 is 0. The maximum absolute atomic E-state index is 4.82. The SMILES string of the molecule is CN1CCC(c2ccc(Nc3ncc4ccc(-c5cnn6c5CCCC6)cc4n3)cc2)CC1. The highest BCUT2D eigenvalue weighted by Crippen LogP contribution is 2.31. The average Bonchev–Trinajstić information content (AvgIpc) is 3.29. The Morgan fingerprint density at radius 3 is 2.64 bits per heavy atom. The molecule has 1 fully saturated rings. The van der Waals surface area contributed by atoms with Crippen LogP contribution in [-0.4, -0.2) is 44.8 Å². The van der Waals surface area contributed by atoms with E-state index in [1.807, 2.05) is 12.4 Å². The predicted molar refractivity (Wildman–Crippen MR) is 133 cm³/mol. The van der Waals surface area contributed by atoms with E-state index in [1.54, 1.807) is 0 Å². The molecule has 0 aliphatic carbocycles. The third-order valence-electron chi connectivity index (χ3n) is 7.23. The van der Waals surface area contributed by atoms with Crippen LogP contribution in [0.15, 0.2) is 54.9 Å². The first kappa shape index (κ1) is 20.4. The zero-order valence-electron chi connectivity index (χ0n) is 19.2. The molecule has 6 rings (SSSR count). The molecule has 168 valence electrons. The molecule has 2 aliphatic rings. The fraction of sp³-hybridized carbons (Fsp3) is 0.370. The van der Waals surface area contributed by atoms with Crippen LogP contribution in [0.2, 0.25) is 0 Å². The van der Waals surface area contributed by atoms with E-state index in [9.17, 15) is 0 Å². The van der Waals surface area contributed by atoms with Gasteiger partial charge < -0.3 is 10.2 Å². The van der Waals surface area contributed by atoms with Crippen molar-refractivity contribution >= 4 is 22.5 Å². The molecule has 0 amide bonds. The minimum atomic E-state index is 0.628. The van der Waals surface area contributed by atoms with Crippen molar-refractivity contribution < 1.29 is 0 Å². The van der Waals surface area contributed by atoms with E-state index in [2.05, 4.69) is 74.5 Å². The van der Waals surface area contributed by atoms with Gasteiger partial charge in [0.05, 0.1) is 11.7 Å². The second-order valence-electron chi connectivity index (χ2n) is 9.48. The van der Waals surface area contributed by atoms with Crippen molar-refractivity contribution in [1.29, 1.82) is 0 Å². The summed E-state index contributed by atoms with van der Waals surface area (Å²) in [7, 11) is 2.21. The maximum atomic E-state index is 4.82. The summed E-state index contributed by atoms with van der Waals surface area (Å²) in [6.45, 7) is 3.38. The molecule has 4 aromatic rings. The van der Waals surface area contributed by atoms with Gasteiger partial charge in [0.2, 0.25) is 5.95 Å². The number of piperidine rings is 1. The van der Waals surface area contributed by atoms with Gasteiger partial charge in [-0.05, 0) is 87.5 Å². The third kappa shape index (κ3) is 4.11. The van der Waals surface area contributed by atoms with Gasteiger partial charge in [-0.15, -0.1) is 0 Å². The molecule has 0 saturated carbocycles. The lowest BCUT2D eigenvalue weighted by Gasteiger charge is -2.29. The first-order chi connectivity index (χ1) is 16.2. The molecule has 0 bridgehead atoms. The Bertz CT molecular complexity index is 1270. The third-order valence-corrected chi connectivity index (χ3v) is 7.23. The Balaban J connectivity index is 1.22. The van der Waals surface area contributed by atoms with Crippen LogP contribution in [-0.2, 0) is 13.0 Å². The summed E-state index contributed by atoms with van der Waals surface area (Å²) in [6.07, 6.45) is 9.92. The van der Waals surface area contributed by atoms with Gasteiger partial charge in [0, 0.05) is 35.1 Å². The zero-order chi connectivity index (χ0) is 22.2. The first-order valence-corrected chi connectivity index (χ1v) is 12.1. The van der Waals surface area contributed by atoms with Crippen LogP contribution >= 0.6 is 0 Å². The molecule has 0 radical (unpaired) electrons. The van der Waals surface area contributed by atoms with E-state index >= 15 is 0 Å². The molecular formula is C27H30N6. The molecule has 6 nitrogen and oxygen atoms in total. The lowest BCUT2D eigenvalue weighted by molar-refractivity contribution is 0.255.